The van der Waals surface area contributed by atoms with E-state index in [-0.39, 0.29) is 0 Å². The van der Waals surface area contributed by atoms with Crippen LogP contribution in [0.4, 0.5) is 0 Å². The van der Waals surface area contributed by atoms with E-state index in [2.05, 4.69) is 93.5 Å². The number of nitrogens with one attached hydrogen (secondary N) is 1. The summed E-state index contributed by atoms with van der Waals surface area (Å²) >= 11 is 0. The molecule has 32 heavy (non-hydrogen) atoms. The number of fused-ring (bicyclic) bond motifs is 6. The van der Waals surface area contributed by atoms with Crippen LogP contribution in [0.1, 0.15) is 0 Å². The number of aromatic nitrogens is 4. The summed E-state index contributed by atoms with van der Waals surface area (Å²) in [5.41, 5.74) is 6.43. The topological polar surface area (TPSA) is 59.6 Å². The summed E-state index contributed by atoms with van der Waals surface area (Å²) in [5, 5.41) is 13.4. The van der Waals surface area contributed by atoms with Gasteiger partial charge in [-0.05, 0) is 48.5 Å². The van der Waals surface area contributed by atoms with Crippen molar-refractivity contribution in [1.29, 1.82) is 0 Å². The molecule has 0 radical (unpaired) electrons. The SMILES string of the molecule is Cn1c2ccccc2c2cc(-c3nnc(-c4ccc5[nH]c6ccccc6c5c4)o3)ccc21. The molecule has 152 valence electrons. The second-order valence-electron chi connectivity index (χ2n) is 8.15. The van der Waals surface area contributed by atoms with Gasteiger partial charge < -0.3 is 14.0 Å². The Morgan fingerprint density at radius 3 is 2.09 bits per heavy atom. The Balaban J connectivity index is 1.35. The van der Waals surface area contributed by atoms with Gasteiger partial charge >= 0.3 is 0 Å². The number of H-pyrrole nitrogens is 1. The normalized spacial score (nSPS) is 11.9. The van der Waals surface area contributed by atoms with E-state index in [9.17, 15) is 0 Å². The van der Waals surface area contributed by atoms with E-state index >= 15 is 0 Å². The molecule has 7 rings (SSSR count). The highest BCUT2D eigenvalue weighted by atomic mass is 16.4. The minimum Gasteiger partial charge on any atom is -0.416 e. The van der Waals surface area contributed by atoms with E-state index in [1.807, 2.05) is 18.2 Å². The Kier molecular flexibility index (Phi) is 3.41. The van der Waals surface area contributed by atoms with Crippen molar-refractivity contribution >= 4 is 43.6 Å². The van der Waals surface area contributed by atoms with E-state index in [1.54, 1.807) is 0 Å². The van der Waals surface area contributed by atoms with Gasteiger partial charge in [0.05, 0.1) is 0 Å². The Morgan fingerprint density at radius 2 is 1.25 bits per heavy atom. The summed E-state index contributed by atoms with van der Waals surface area (Å²) in [6.07, 6.45) is 0. The van der Waals surface area contributed by atoms with Gasteiger partial charge in [-0.15, -0.1) is 10.2 Å². The van der Waals surface area contributed by atoms with Crippen molar-refractivity contribution in [2.75, 3.05) is 0 Å². The number of nitrogens with zero attached hydrogens (tertiary/aromatic N) is 3. The first kappa shape index (κ1) is 17.3. The number of rotatable bonds is 2. The van der Waals surface area contributed by atoms with Gasteiger partial charge in [0.15, 0.2) is 0 Å². The minimum atomic E-state index is 0.519. The van der Waals surface area contributed by atoms with E-state index in [0.29, 0.717) is 11.8 Å². The van der Waals surface area contributed by atoms with E-state index in [1.165, 1.54) is 27.2 Å². The number of aromatic amines is 1. The van der Waals surface area contributed by atoms with Gasteiger partial charge in [0.2, 0.25) is 11.8 Å². The maximum Gasteiger partial charge on any atom is 0.248 e. The van der Waals surface area contributed by atoms with E-state index < -0.39 is 0 Å². The molecule has 3 heterocycles. The smallest absolute Gasteiger partial charge is 0.248 e. The molecule has 4 aromatic carbocycles. The molecule has 3 aromatic heterocycles. The molecule has 0 aliphatic heterocycles. The van der Waals surface area contributed by atoms with Crippen LogP contribution in [0.2, 0.25) is 0 Å². The average molecular weight is 414 g/mol. The highest BCUT2D eigenvalue weighted by Crippen LogP contribution is 2.33. The van der Waals surface area contributed by atoms with Gasteiger partial charge in [-0.25, -0.2) is 0 Å². The molecule has 5 nitrogen and oxygen atoms in total. The van der Waals surface area contributed by atoms with Gasteiger partial charge in [-0.2, -0.15) is 0 Å². The highest BCUT2D eigenvalue weighted by Gasteiger charge is 2.15. The van der Waals surface area contributed by atoms with Gasteiger partial charge in [0.1, 0.15) is 0 Å². The molecule has 0 bridgehead atoms. The second-order valence-corrected chi connectivity index (χ2v) is 8.15. The number of hydrogen-bond acceptors (Lipinski definition) is 3. The fourth-order valence-electron chi connectivity index (χ4n) is 4.74. The molecule has 7 aromatic rings. The predicted octanol–water partition coefficient (Wildman–Crippen LogP) is 6.68. The van der Waals surface area contributed by atoms with Crippen LogP contribution in [0.15, 0.2) is 89.3 Å². The Bertz CT molecular complexity index is 1800. The van der Waals surface area contributed by atoms with Crippen molar-refractivity contribution in [3.63, 3.8) is 0 Å². The Morgan fingerprint density at radius 1 is 0.625 bits per heavy atom. The first-order valence-corrected chi connectivity index (χ1v) is 10.6. The van der Waals surface area contributed by atoms with Crippen LogP contribution in [-0.4, -0.2) is 19.7 Å². The van der Waals surface area contributed by atoms with Gasteiger partial charge in [0.25, 0.3) is 0 Å². The highest BCUT2D eigenvalue weighted by molar-refractivity contribution is 6.09. The van der Waals surface area contributed by atoms with Crippen LogP contribution in [0, 0.1) is 0 Å². The van der Waals surface area contributed by atoms with Crippen LogP contribution in [0.25, 0.3) is 66.5 Å². The molecule has 1 N–H and O–H groups in total. The largest absolute Gasteiger partial charge is 0.416 e. The summed E-state index contributed by atoms with van der Waals surface area (Å²) in [4.78, 5) is 3.45. The van der Waals surface area contributed by atoms with Crippen LogP contribution >= 0.6 is 0 Å². The molecule has 5 heteroatoms. The molecular formula is C27H18N4O. The lowest BCUT2D eigenvalue weighted by atomic mass is 10.1. The molecule has 0 amide bonds. The average Bonchev–Trinajstić information content (AvgIpc) is 3.54. The molecule has 0 unspecified atom stereocenters. The van der Waals surface area contributed by atoms with Crippen LogP contribution in [-0.2, 0) is 7.05 Å². The quantitative estimate of drug-likeness (QED) is 0.343. The van der Waals surface area contributed by atoms with Gasteiger partial charge in [-0.1, -0.05) is 36.4 Å². The fraction of sp³-hybridized carbons (Fsp3) is 0.0370. The lowest BCUT2D eigenvalue weighted by Gasteiger charge is -1.99. The second kappa shape index (κ2) is 6.31. The monoisotopic (exact) mass is 414 g/mol. The summed E-state index contributed by atoms with van der Waals surface area (Å²) in [6, 6.07) is 29.2. The molecule has 0 aliphatic rings. The van der Waals surface area contributed by atoms with Gasteiger partial charge in [-0.3, -0.25) is 0 Å². The minimum absolute atomic E-state index is 0.519. The number of benzene rings is 4. The van der Waals surface area contributed by atoms with Crippen molar-refractivity contribution in [1.82, 2.24) is 19.7 Å². The zero-order chi connectivity index (χ0) is 21.2. The van der Waals surface area contributed by atoms with Crippen LogP contribution < -0.4 is 0 Å². The fourth-order valence-corrected chi connectivity index (χ4v) is 4.74. The lowest BCUT2D eigenvalue weighted by Crippen LogP contribution is -1.86. The molecule has 0 spiro atoms. The lowest BCUT2D eigenvalue weighted by molar-refractivity contribution is 0.585. The van der Waals surface area contributed by atoms with Crippen molar-refractivity contribution in [3.05, 3.63) is 84.9 Å². The third-order valence-electron chi connectivity index (χ3n) is 6.34. The maximum absolute atomic E-state index is 6.12. The van der Waals surface area contributed by atoms with Crippen LogP contribution in [0.5, 0.6) is 0 Å². The summed E-state index contributed by atoms with van der Waals surface area (Å²) in [7, 11) is 2.09. The number of hydrogen-bond donors (Lipinski definition) is 1. The zero-order valence-corrected chi connectivity index (χ0v) is 17.3. The van der Waals surface area contributed by atoms with E-state index in [4.69, 9.17) is 4.42 Å². The van der Waals surface area contributed by atoms with Crippen molar-refractivity contribution in [2.24, 2.45) is 7.05 Å². The number of aryl methyl sites for hydroxylation is 1. The Hall–Kier alpha value is -4.38. The summed E-state index contributed by atoms with van der Waals surface area (Å²) in [6.45, 7) is 0. The van der Waals surface area contributed by atoms with Crippen LogP contribution in [0.3, 0.4) is 0 Å². The third-order valence-corrected chi connectivity index (χ3v) is 6.34. The van der Waals surface area contributed by atoms with E-state index in [0.717, 1.165) is 27.5 Å². The summed E-state index contributed by atoms with van der Waals surface area (Å²) in [5.74, 6) is 1.04. The first-order chi connectivity index (χ1) is 15.8. The molecule has 0 saturated heterocycles. The molecule has 0 aliphatic carbocycles. The van der Waals surface area contributed by atoms with Gasteiger partial charge in [0, 0.05) is 61.8 Å². The predicted molar refractivity (Wildman–Crippen MR) is 129 cm³/mol. The molecule has 0 saturated carbocycles. The third kappa shape index (κ3) is 2.39. The van der Waals surface area contributed by atoms with Crippen molar-refractivity contribution in [3.8, 4) is 22.9 Å². The molecular weight excluding hydrogens is 396 g/mol. The standard InChI is InChI=1S/C27H18N4O/c1-31-24-9-5-3-7-19(24)21-15-17(11-13-25(21)31)27-30-29-26(32-27)16-10-12-23-20(14-16)18-6-2-4-8-22(18)28-23/h2-15,28H,1H3. The van der Waals surface area contributed by atoms with Crippen molar-refractivity contribution < 1.29 is 4.42 Å². The van der Waals surface area contributed by atoms with Crippen molar-refractivity contribution in [2.45, 2.75) is 0 Å². The maximum atomic E-state index is 6.12. The summed E-state index contributed by atoms with van der Waals surface area (Å²) < 4.78 is 8.33. The zero-order valence-electron chi connectivity index (χ0n) is 17.3. The Labute approximate surface area is 182 Å². The molecule has 0 atom stereocenters. The number of para-hydroxylation sites is 2. The first-order valence-electron chi connectivity index (χ1n) is 10.6. The molecule has 0 fully saturated rings.